The van der Waals surface area contributed by atoms with E-state index in [1.165, 1.54) is 0 Å². The number of carbonyl (C=O) groups excluding carboxylic acids is 2. The minimum absolute atomic E-state index is 0.0469. The summed E-state index contributed by atoms with van der Waals surface area (Å²) in [6.45, 7) is 3.51. The Morgan fingerprint density at radius 1 is 1.00 bits per heavy atom. The maximum atomic E-state index is 12.9. The van der Waals surface area contributed by atoms with Crippen molar-refractivity contribution in [2.24, 2.45) is 7.05 Å². The van der Waals surface area contributed by atoms with Crippen molar-refractivity contribution in [1.82, 2.24) is 9.47 Å². The lowest BCUT2D eigenvalue weighted by atomic mass is 10.1. The number of anilines is 1. The van der Waals surface area contributed by atoms with E-state index < -0.39 is 0 Å². The van der Waals surface area contributed by atoms with E-state index in [9.17, 15) is 9.59 Å². The SMILES string of the molecule is Cc1c(NC(=O)c2cc3ccccc3n2C)cccc1C(=O)N1CCCC1. The van der Waals surface area contributed by atoms with E-state index in [2.05, 4.69) is 5.32 Å². The first kappa shape index (κ1) is 17.3. The van der Waals surface area contributed by atoms with Crippen molar-refractivity contribution in [3.63, 3.8) is 0 Å². The Morgan fingerprint density at radius 3 is 2.48 bits per heavy atom. The quantitative estimate of drug-likeness (QED) is 0.767. The Bertz CT molecular complexity index is 1030. The van der Waals surface area contributed by atoms with Crippen LogP contribution >= 0.6 is 0 Å². The molecule has 1 fully saturated rings. The lowest BCUT2D eigenvalue weighted by molar-refractivity contribution is 0.0791. The second kappa shape index (κ2) is 6.91. The number of nitrogens with zero attached hydrogens (tertiary/aromatic N) is 2. The molecule has 2 amide bonds. The summed E-state index contributed by atoms with van der Waals surface area (Å²) >= 11 is 0. The lowest BCUT2D eigenvalue weighted by Gasteiger charge is -2.18. The number of hydrogen-bond donors (Lipinski definition) is 1. The van der Waals surface area contributed by atoms with Gasteiger partial charge in [0.25, 0.3) is 11.8 Å². The molecule has 2 aromatic carbocycles. The van der Waals surface area contributed by atoms with Gasteiger partial charge >= 0.3 is 0 Å². The van der Waals surface area contributed by atoms with Crippen LogP contribution in [0.25, 0.3) is 10.9 Å². The topological polar surface area (TPSA) is 54.3 Å². The van der Waals surface area contributed by atoms with E-state index in [0.29, 0.717) is 16.9 Å². The zero-order chi connectivity index (χ0) is 19.0. The summed E-state index contributed by atoms with van der Waals surface area (Å²) in [6, 6.07) is 15.3. The normalized spacial score (nSPS) is 13.9. The molecule has 3 aromatic rings. The molecular weight excluding hydrogens is 338 g/mol. The highest BCUT2D eigenvalue weighted by atomic mass is 16.2. The largest absolute Gasteiger partial charge is 0.340 e. The third-order valence-corrected chi connectivity index (χ3v) is 5.39. The van der Waals surface area contributed by atoms with E-state index in [1.54, 1.807) is 0 Å². The number of benzene rings is 2. The summed E-state index contributed by atoms with van der Waals surface area (Å²) in [5, 5.41) is 4.01. The smallest absolute Gasteiger partial charge is 0.272 e. The fourth-order valence-corrected chi connectivity index (χ4v) is 3.79. The average molecular weight is 361 g/mol. The Hall–Kier alpha value is -3.08. The zero-order valence-electron chi connectivity index (χ0n) is 15.7. The number of fused-ring (bicyclic) bond motifs is 1. The molecule has 0 spiro atoms. The third-order valence-electron chi connectivity index (χ3n) is 5.39. The maximum Gasteiger partial charge on any atom is 0.272 e. The summed E-state index contributed by atoms with van der Waals surface area (Å²) in [5.41, 5.74) is 3.74. The minimum Gasteiger partial charge on any atom is -0.340 e. The molecule has 0 bridgehead atoms. The number of nitrogens with one attached hydrogen (secondary N) is 1. The van der Waals surface area contributed by atoms with Crippen molar-refractivity contribution in [3.8, 4) is 0 Å². The number of amides is 2. The second-order valence-electron chi connectivity index (χ2n) is 7.08. The molecule has 1 aliphatic heterocycles. The van der Waals surface area contributed by atoms with Crippen LogP contribution in [0.5, 0.6) is 0 Å². The highest BCUT2D eigenvalue weighted by Gasteiger charge is 2.22. The summed E-state index contributed by atoms with van der Waals surface area (Å²) in [5.74, 6) is -0.131. The van der Waals surface area contributed by atoms with Crippen molar-refractivity contribution in [3.05, 3.63) is 65.4 Å². The number of para-hydroxylation sites is 1. The van der Waals surface area contributed by atoms with Crippen LogP contribution in [0.15, 0.2) is 48.5 Å². The first-order chi connectivity index (χ1) is 13.1. The Morgan fingerprint density at radius 2 is 1.74 bits per heavy atom. The van der Waals surface area contributed by atoms with E-state index in [4.69, 9.17) is 0 Å². The minimum atomic E-state index is -0.178. The lowest BCUT2D eigenvalue weighted by Crippen LogP contribution is -2.28. The first-order valence-electron chi connectivity index (χ1n) is 9.31. The standard InChI is InChI=1S/C22H23N3O2/c1-15-17(22(27)25-12-5-6-13-25)9-7-10-18(15)23-21(26)20-14-16-8-3-4-11-19(16)24(20)2/h3-4,7-11,14H,5-6,12-13H2,1-2H3,(H,23,26). The van der Waals surface area contributed by atoms with Gasteiger partial charge in [-0.2, -0.15) is 0 Å². The first-order valence-corrected chi connectivity index (χ1v) is 9.31. The molecule has 0 radical (unpaired) electrons. The van der Waals surface area contributed by atoms with Crippen molar-refractivity contribution in [2.75, 3.05) is 18.4 Å². The second-order valence-corrected chi connectivity index (χ2v) is 7.08. The number of rotatable bonds is 3. The van der Waals surface area contributed by atoms with Crippen molar-refractivity contribution < 1.29 is 9.59 Å². The molecule has 0 atom stereocenters. The molecule has 1 aliphatic rings. The van der Waals surface area contributed by atoms with Crippen molar-refractivity contribution >= 4 is 28.4 Å². The maximum absolute atomic E-state index is 12.9. The molecular formula is C22H23N3O2. The Kier molecular flexibility index (Phi) is 4.44. The summed E-state index contributed by atoms with van der Waals surface area (Å²) in [6.07, 6.45) is 2.12. The van der Waals surface area contributed by atoms with Gasteiger partial charge in [-0.15, -0.1) is 0 Å². The summed E-state index contributed by atoms with van der Waals surface area (Å²) in [4.78, 5) is 27.5. The number of hydrogen-bond acceptors (Lipinski definition) is 2. The van der Waals surface area contributed by atoms with Crippen LogP contribution in [0.1, 0.15) is 39.3 Å². The van der Waals surface area contributed by atoms with Gasteiger partial charge in [0.05, 0.1) is 0 Å². The predicted molar refractivity (Wildman–Crippen MR) is 107 cm³/mol. The van der Waals surface area contributed by atoms with Crippen molar-refractivity contribution in [2.45, 2.75) is 19.8 Å². The zero-order valence-corrected chi connectivity index (χ0v) is 15.7. The van der Waals surface area contributed by atoms with Crippen LogP contribution in [-0.4, -0.2) is 34.4 Å². The fourth-order valence-electron chi connectivity index (χ4n) is 3.79. The highest BCUT2D eigenvalue weighted by molar-refractivity contribution is 6.07. The number of likely N-dealkylation sites (tertiary alicyclic amines) is 1. The molecule has 0 unspecified atom stereocenters. The number of aryl methyl sites for hydroxylation is 1. The number of carbonyl (C=O) groups is 2. The third kappa shape index (κ3) is 3.10. The van der Waals surface area contributed by atoms with Gasteiger partial charge in [-0.05, 0) is 49.6 Å². The fraction of sp³-hybridized carbons (Fsp3) is 0.273. The van der Waals surface area contributed by atoms with Gasteiger partial charge in [0, 0.05) is 42.3 Å². The molecule has 1 aromatic heterocycles. The van der Waals surface area contributed by atoms with E-state index in [0.717, 1.165) is 42.4 Å². The average Bonchev–Trinajstić information content (AvgIpc) is 3.32. The molecule has 1 saturated heterocycles. The molecule has 138 valence electrons. The molecule has 0 saturated carbocycles. The molecule has 4 rings (SSSR count). The van der Waals surface area contributed by atoms with E-state index in [-0.39, 0.29) is 11.8 Å². The van der Waals surface area contributed by atoms with Crippen LogP contribution in [0.4, 0.5) is 5.69 Å². The van der Waals surface area contributed by atoms with Crippen LogP contribution < -0.4 is 5.32 Å². The predicted octanol–water partition coefficient (Wildman–Crippen LogP) is 3.98. The van der Waals surface area contributed by atoms with Gasteiger partial charge in [-0.25, -0.2) is 0 Å². The summed E-state index contributed by atoms with van der Waals surface area (Å²) in [7, 11) is 1.89. The van der Waals surface area contributed by atoms with Crippen molar-refractivity contribution in [1.29, 1.82) is 0 Å². The van der Waals surface area contributed by atoms with E-state index in [1.807, 2.05) is 72.0 Å². The van der Waals surface area contributed by atoms with E-state index >= 15 is 0 Å². The molecule has 2 heterocycles. The highest BCUT2D eigenvalue weighted by Crippen LogP contribution is 2.24. The van der Waals surface area contributed by atoms with Crippen LogP contribution in [0.3, 0.4) is 0 Å². The van der Waals surface area contributed by atoms with Crippen LogP contribution in [0, 0.1) is 6.92 Å². The van der Waals surface area contributed by atoms with Gasteiger partial charge in [0.15, 0.2) is 0 Å². The van der Waals surface area contributed by atoms with Crippen LogP contribution in [0.2, 0.25) is 0 Å². The Balaban J connectivity index is 1.62. The molecule has 5 nitrogen and oxygen atoms in total. The van der Waals surface area contributed by atoms with Gasteiger partial charge in [-0.1, -0.05) is 24.3 Å². The summed E-state index contributed by atoms with van der Waals surface area (Å²) < 4.78 is 1.89. The van der Waals surface area contributed by atoms with Gasteiger partial charge in [0.2, 0.25) is 0 Å². The molecule has 1 N–H and O–H groups in total. The molecule has 27 heavy (non-hydrogen) atoms. The molecule has 0 aliphatic carbocycles. The molecule has 5 heteroatoms. The Labute approximate surface area is 158 Å². The van der Waals surface area contributed by atoms with Gasteiger partial charge in [0.1, 0.15) is 5.69 Å². The monoisotopic (exact) mass is 361 g/mol. The number of aromatic nitrogens is 1. The van der Waals surface area contributed by atoms with Crippen LogP contribution in [-0.2, 0) is 7.05 Å². The van der Waals surface area contributed by atoms with Gasteiger partial charge in [-0.3, -0.25) is 9.59 Å². The van der Waals surface area contributed by atoms with Gasteiger partial charge < -0.3 is 14.8 Å².